The summed E-state index contributed by atoms with van der Waals surface area (Å²) < 4.78 is 0. The summed E-state index contributed by atoms with van der Waals surface area (Å²) in [5, 5.41) is 22.3. The van der Waals surface area contributed by atoms with Crippen LogP contribution in [0.2, 0.25) is 0 Å². The van der Waals surface area contributed by atoms with Gasteiger partial charge in [-0.3, -0.25) is 4.79 Å². The first-order chi connectivity index (χ1) is 17.2. The molecule has 2 atom stereocenters. The quantitative estimate of drug-likeness (QED) is 0.0791. The molecule has 2 unspecified atom stereocenters. The fraction of sp³-hybridized carbons (Fsp3) is 0.903. The van der Waals surface area contributed by atoms with E-state index in [2.05, 4.69) is 12.2 Å². The van der Waals surface area contributed by atoms with Crippen molar-refractivity contribution in [2.24, 2.45) is 0 Å². The van der Waals surface area contributed by atoms with Gasteiger partial charge in [-0.05, 0) is 19.3 Å². The topological polar surface area (TPSA) is 69.6 Å². The van der Waals surface area contributed by atoms with Gasteiger partial charge in [-0.25, -0.2) is 0 Å². The molecular weight excluding hydrogens is 434 g/mol. The average Bonchev–Trinajstić information content (AvgIpc) is 2.86. The van der Waals surface area contributed by atoms with Crippen LogP contribution >= 0.6 is 0 Å². The minimum absolute atomic E-state index is 0.0999. The fourth-order valence-corrected chi connectivity index (χ4v) is 4.57. The third-order valence-corrected chi connectivity index (χ3v) is 7.02. The van der Waals surface area contributed by atoms with Crippen LogP contribution in [0.25, 0.3) is 0 Å². The normalized spacial score (nSPS) is 13.4. The van der Waals surface area contributed by atoms with Crippen molar-refractivity contribution >= 4 is 5.91 Å². The summed E-state index contributed by atoms with van der Waals surface area (Å²) in [6.45, 7) is 4.07. The zero-order valence-electron chi connectivity index (χ0n) is 23.6. The zero-order valence-corrected chi connectivity index (χ0v) is 23.6. The summed E-state index contributed by atoms with van der Waals surface area (Å²) in [5.41, 5.74) is 0. The molecule has 4 heteroatoms. The van der Waals surface area contributed by atoms with Crippen molar-refractivity contribution in [3.8, 4) is 0 Å². The molecule has 35 heavy (non-hydrogen) atoms. The highest BCUT2D eigenvalue weighted by Gasteiger charge is 2.17. The molecule has 0 saturated carbocycles. The van der Waals surface area contributed by atoms with E-state index in [1.54, 1.807) is 6.08 Å². The molecule has 0 bridgehead atoms. The fourth-order valence-electron chi connectivity index (χ4n) is 4.57. The Morgan fingerprint density at radius 1 is 0.657 bits per heavy atom. The highest BCUT2D eigenvalue weighted by Crippen LogP contribution is 2.15. The zero-order chi connectivity index (χ0) is 25.8. The highest BCUT2D eigenvalue weighted by molar-refractivity contribution is 5.76. The average molecular weight is 496 g/mol. The van der Waals surface area contributed by atoms with Crippen LogP contribution in [0.4, 0.5) is 0 Å². The van der Waals surface area contributed by atoms with Gasteiger partial charge < -0.3 is 15.5 Å². The Bertz CT molecular complexity index is 466. The Morgan fingerprint density at radius 2 is 1.06 bits per heavy atom. The second-order valence-corrected chi connectivity index (χ2v) is 10.5. The third kappa shape index (κ3) is 24.6. The van der Waals surface area contributed by atoms with Gasteiger partial charge in [0.05, 0.1) is 18.8 Å². The number of nitrogens with one attached hydrogen (secondary N) is 1. The molecule has 1 amide bonds. The lowest BCUT2D eigenvalue weighted by Crippen LogP contribution is -2.45. The lowest BCUT2D eigenvalue weighted by atomic mass is 10.0. The van der Waals surface area contributed by atoms with Crippen molar-refractivity contribution in [3.63, 3.8) is 0 Å². The van der Waals surface area contributed by atoms with E-state index in [4.69, 9.17) is 0 Å². The molecule has 0 fully saturated rings. The summed E-state index contributed by atoms with van der Waals surface area (Å²) in [4.78, 5) is 11.8. The van der Waals surface area contributed by atoms with Crippen molar-refractivity contribution in [1.29, 1.82) is 0 Å². The molecule has 0 radical (unpaired) electrons. The molecule has 0 aromatic rings. The second-order valence-electron chi connectivity index (χ2n) is 10.5. The van der Waals surface area contributed by atoms with Crippen LogP contribution in [-0.2, 0) is 4.79 Å². The second kappa shape index (κ2) is 27.7. The molecule has 0 aromatic heterocycles. The monoisotopic (exact) mass is 495 g/mol. The van der Waals surface area contributed by atoms with Gasteiger partial charge in [-0.1, -0.05) is 148 Å². The Labute approximate surface area is 218 Å². The van der Waals surface area contributed by atoms with E-state index in [1.165, 1.54) is 116 Å². The number of aliphatic hydroxyl groups excluding tert-OH is 2. The van der Waals surface area contributed by atoms with E-state index in [1.807, 2.05) is 13.0 Å². The number of unbranched alkanes of at least 4 members (excludes halogenated alkanes) is 20. The predicted octanol–water partition coefficient (Wildman–Crippen LogP) is 8.39. The maximum atomic E-state index is 11.8. The van der Waals surface area contributed by atoms with E-state index in [0.717, 1.165) is 25.7 Å². The van der Waals surface area contributed by atoms with Gasteiger partial charge in [0.15, 0.2) is 0 Å². The van der Waals surface area contributed by atoms with Crippen molar-refractivity contribution in [1.82, 2.24) is 5.32 Å². The van der Waals surface area contributed by atoms with E-state index >= 15 is 0 Å². The van der Waals surface area contributed by atoms with E-state index in [9.17, 15) is 15.0 Å². The number of carbonyl (C=O) groups is 1. The first kappa shape index (κ1) is 34.1. The van der Waals surface area contributed by atoms with Gasteiger partial charge >= 0.3 is 0 Å². The molecule has 208 valence electrons. The molecule has 3 N–H and O–H groups in total. The standard InChI is InChI=1S/C31H61NO3/c1-3-5-7-8-9-10-11-12-13-14-15-16-17-18-19-20-21-22-23-24-25-26-30(34)29(28-33)32-31(35)27-6-4-2/h25-26,29-30,33-34H,3-24,27-28H2,1-2H3,(H,32,35)/b26-25+. The van der Waals surface area contributed by atoms with Crippen molar-refractivity contribution in [3.05, 3.63) is 12.2 Å². The van der Waals surface area contributed by atoms with Crippen LogP contribution in [0.15, 0.2) is 12.2 Å². The molecule has 0 spiro atoms. The third-order valence-electron chi connectivity index (χ3n) is 7.02. The van der Waals surface area contributed by atoms with Crippen LogP contribution in [0.3, 0.4) is 0 Å². The van der Waals surface area contributed by atoms with Crippen LogP contribution in [0, 0.1) is 0 Å². The predicted molar refractivity (Wildman–Crippen MR) is 152 cm³/mol. The van der Waals surface area contributed by atoms with Crippen molar-refractivity contribution in [2.45, 2.75) is 174 Å². The molecule has 0 heterocycles. The number of hydrogen-bond donors (Lipinski definition) is 3. The summed E-state index contributed by atoms with van der Waals surface area (Å²) in [6.07, 6.45) is 32.3. The smallest absolute Gasteiger partial charge is 0.220 e. The largest absolute Gasteiger partial charge is 0.394 e. The Balaban J connectivity index is 3.41. The first-order valence-electron chi connectivity index (χ1n) is 15.4. The van der Waals surface area contributed by atoms with E-state index in [-0.39, 0.29) is 12.5 Å². The van der Waals surface area contributed by atoms with Gasteiger partial charge in [-0.15, -0.1) is 0 Å². The number of allylic oxidation sites excluding steroid dienone is 1. The number of amides is 1. The lowest BCUT2D eigenvalue weighted by molar-refractivity contribution is -0.123. The van der Waals surface area contributed by atoms with Gasteiger partial charge in [0.2, 0.25) is 5.91 Å². The van der Waals surface area contributed by atoms with Crippen LogP contribution < -0.4 is 5.32 Å². The number of rotatable bonds is 27. The molecule has 0 saturated heterocycles. The van der Waals surface area contributed by atoms with E-state index in [0.29, 0.717) is 6.42 Å². The molecule has 0 aliphatic heterocycles. The molecule has 0 aromatic carbocycles. The van der Waals surface area contributed by atoms with Crippen molar-refractivity contribution in [2.75, 3.05) is 6.61 Å². The Kier molecular flexibility index (Phi) is 27.0. The molecule has 0 rings (SSSR count). The number of hydrogen-bond acceptors (Lipinski definition) is 3. The van der Waals surface area contributed by atoms with E-state index < -0.39 is 12.1 Å². The SMILES string of the molecule is CCCCCCCCCCCCCCCCCCCCC/C=C/C(O)C(CO)NC(=O)CCCC. The van der Waals surface area contributed by atoms with Gasteiger partial charge in [0.1, 0.15) is 0 Å². The number of carbonyl (C=O) groups excluding carboxylic acids is 1. The maximum absolute atomic E-state index is 11.8. The van der Waals surface area contributed by atoms with Crippen LogP contribution in [0.5, 0.6) is 0 Å². The van der Waals surface area contributed by atoms with Crippen LogP contribution in [0.1, 0.15) is 162 Å². The van der Waals surface area contributed by atoms with Gasteiger partial charge in [0.25, 0.3) is 0 Å². The van der Waals surface area contributed by atoms with Gasteiger partial charge in [0, 0.05) is 6.42 Å². The summed E-state index contributed by atoms with van der Waals surface area (Å²) >= 11 is 0. The highest BCUT2D eigenvalue weighted by atomic mass is 16.3. The molecule has 0 aliphatic rings. The van der Waals surface area contributed by atoms with Crippen LogP contribution in [-0.4, -0.2) is 34.9 Å². The van der Waals surface area contributed by atoms with Crippen molar-refractivity contribution < 1.29 is 15.0 Å². The number of aliphatic hydroxyl groups is 2. The maximum Gasteiger partial charge on any atom is 0.220 e. The Morgan fingerprint density at radius 3 is 1.46 bits per heavy atom. The lowest BCUT2D eigenvalue weighted by Gasteiger charge is -2.19. The summed E-state index contributed by atoms with van der Waals surface area (Å²) in [5.74, 6) is -0.0999. The minimum atomic E-state index is -0.828. The first-order valence-corrected chi connectivity index (χ1v) is 15.4. The Hall–Kier alpha value is -0.870. The molecular formula is C31H61NO3. The summed E-state index contributed by atoms with van der Waals surface area (Å²) in [6, 6.07) is -0.610. The molecule has 0 aliphatic carbocycles. The minimum Gasteiger partial charge on any atom is -0.394 e. The molecule has 4 nitrogen and oxygen atoms in total. The summed E-state index contributed by atoms with van der Waals surface area (Å²) in [7, 11) is 0. The van der Waals surface area contributed by atoms with Gasteiger partial charge in [-0.2, -0.15) is 0 Å².